The molecule has 31 heavy (non-hydrogen) atoms. The van der Waals surface area contributed by atoms with Gasteiger partial charge in [-0.3, -0.25) is 9.10 Å². The van der Waals surface area contributed by atoms with Crippen LogP contribution in [0.2, 0.25) is 0 Å². The molecule has 0 aromatic heterocycles. The maximum Gasteiger partial charge on any atom is 0.244 e. The second-order valence-corrected chi connectivity index (χ2v) is 10.8. The largest absolute Gasteiger partial charge is 0.487 e. The van der Waals surface area contributed by atoms with Gasteiger partial charge in [0.05, 0.1) is 18.0 Å². The van der Waals surface area contributed by atoms with E-state index in [9.17, 15) is 13.2 Å². The van der Waals surface area contributed by atoms with Crippen LogP contribution in [0.1, 0.15) is 56.3 Å². The Morgan fingerprint density at radius 2 is 1.87 bits per heavy atom. The van der Waals surface area contributed by atoms with Crippen molar-refractivity contribution < 1.29 is 17.9 Å². The Balaban J connectivity index is 1.95. The van der Waals surface area contributed by atoms with Crippen molar-refractivity contribution in [2.24, 2.45) is 0 Å². The molecule has 0 fully saturated rings. The van der Waals surface area contributed by atoms with Crippen LogP contribution in [0, 0.1) is 13.8 Å². The van der Waals surface area contributed by atoms with Gasteiger partial charge in [-0.2, -0.15) is 0 Å². The average molecular weight is 445 g/mol. The van der Waals surface area contributed by atoms with Gasteiger partial charge >= 0.3 is 0 Å². The molecule has 1 aliphatic rings. The van der Waals surface area contributed by atoms with Gasteiger partial charge in [0, 0.05) is 12.0 Å². The number of hydrogen-bond acceptors (Lipinski definition) is 4. The van der Waals surface area contributed by atoms with E-state index in [1.54, 1.807) is 18.2 Å². The Kier molecular flexibility index (Phi) is 6.37. The third-order valence-electron chi connectivity index (χ3n) is 5.53. The number of nitrogens with zero attached hydrogens (tertiary/aromatic N) is 1. The summed E-state index contributed by atoms with van der Waals surface area (Å²) in [7, 11) is -3.67. The van der Waals surface area contributed by atoms with Gasteiger partial charge in [-0.05, 0) is 63.4 Å². The Labute approximate surface area is 185 Å². The highest BCUT2D eigenvalue weighted by Gasteiger charge is 2.37. The van der Waals surface area contributed by atoms with E-state index in [1.807, 2.05) is 58.9 Å². The lowest BCUT2D eigenvalue weighted by atomic mass is 9.89. The molecule has 0 saturated carbocycles. The fourth-order valence-electron chi connectivity index (χ4n) is 4.18. The van der Waals surface area contributed by atoms with E-state index in [0.717, 1.165) is 28.7 Å². The lowest BCUT2D eigenvalue weighted by Crippen LogP contribution is -2.51. The van der Waals surface area contributed by atoms with Crippen molar-refractivity contribution >= 4 is 21.6 Å². The predicted octanol–water partition coefficient (Wildman–Crippen LogP) is 4.27. The van der Waals surface area contributed by atoms with Crippen molar-refractivity contribution in [3.05, 3.63) is 59.2 Å². The molecule has 1 N–H and O–H groups in total. The molecule has 2 aromatic rings. The van der Waals surface area contributed by atoms with E-state index in [4.69, 9.17) is 4.74 Å². The zero-order valence-electron chi connectivity index (χ0n) is 19.1. The van der Waals surface area contributed by atoms with Crippen LogP contribution in [0.5, 0.6) is 5.75 Å². The maximum atomic E-state index is 13.4. The Morgan fingerprint density at radius 3 is 2.48 bits per heavy atom. The fraction of sp³-hybridized carbons (Fsp3) is 0.458. The van der Waals surface area contributed by atoms with Gasteiger partial charge in [0.2, 0.25) is 15.9 Å². The van der Waals surface area contributed by atoms with Crippen LogP contribution in [0.4, 0.5) is 5.69 Å². The second-order valence-electron chi connectivity index (χ2n) is 8.99. The molecular weight excluding hydrogens is 412 g/mol. The van der Waals surface area contributed by atoms with Gasteiger partial charge in [-0.1, -0.05) is 31.2 Å². The molecule has 1 aliphatic heterocycles. The van der Waals surface area contributed by atoms with Crippen molar-refractivity contribution in [2.45, 2.75) is 65.1 Å². The Morgan fingerprint density at radius 1 is 1.19 bits per heavy atom. The van der Waals surface area contributed by atoms with E-state index in [1.165, 1.54) is 4.31 Å². The third kappa shape index (κ3) is 5.21. The number of nitrogens with one attached hydrogen (secondary N) is 1. The predicted molar refractivity (Wildman–Crippen MR) is 124 cm³/mol. The van der Waals surface area contributed by atoms with Crippen LogP contribution in [0.3, 0.4) is 0 Å². The molecule has 1 heterocycles. The van der Waals surface area contributed by atoms with Crippen LogP contribution < -0.4 is 14.4 Å². The summed E-state index contributed by atoms with van der Waals surface area (Å²) in [6.45, 7) is 9.70. The van der Waals surface area contributed by atoms with Gasteiger partial charge in [-0.15, -0.1) is 0 Å². The molecule has 0 aliphatic carbocycles. The molecule has 1 amide bonds. The number of ether oxygens (including phenoxy) is 1. The molecule has 3 rings (SSSR count). The Hall–Kier alpha value is -2.54. The van der Waals surface area contributed by atoms with Crippen LogP contribution in [-0.4, -0.2) is 32.2 Å². The van der Waals surface area contributed by atoms with Crippen LogP contribution in [-0.2, 0) is 14.8 Å². The summed E-state index contributed by atoms with van der Waals surface area (Å²) in [5, 5.41) is 3.11. The summed E-state index contributed by atoms with van der Waals surface area (Å²) >= 11 is 0. The van der Waals surface area contributed by atoms with Gasteiger partial charge in [0.15, 0.2) is 0 Å². The lowest BCUT2D eigenvalue weighted by Gasteiger charge is -2.39. The minimum Gasteiger partial charge on any atom is -0.487 e. The summed E-state index contributed by atoms with van der Waals surface area (Å²) in [4.78, 5) is 13.4. The highest BCUT2D eigenvalue weighted by atomic mass is 32.2. The maximum absolute atomic E-state index is 13.4. The molecule has 0 unspecified atom stereocenters. The van der Waals surface area contributed by atoms with Crippen LogP contribution in [0.25, 0.3) is 0 Å². The number of anilines is 1. The number of carbonyl (C=O) groups is 1. The van der Waals surface area contributed by atoms with Crippen molar-refractivity contribution in [3.63, 3.8) is 0 Å². The molecule has 0 spiro atoms. The minimum absolute atomic E-state index is 0.264. The smallest absolute Gasteiger partial charge is 0.244 e. The molecule has 6 nitrogen and oxygen atoms in total. The number of hydrogen-bond donors (Lipinski definition) is 1. The van der Waals surface area contributed by atoms with E-state index >= 15 is 0 Å². The van der Waals surface area contributed by atoms with Crippen molar-refractivity contribution in [2.75, 3.05) is 10.6 Å². The minimum atomic E-state index is -3.67. The summed E-state index contributed by atoms with van der Waals surface area (Å²) in [6, 6.07) is 12.0. The molecule has 0 bridgehead atoms. The summed E-state index contributed by atoms with van der Waals surface area (Å²) in [5.41, 5.74) is 2.96. The van der Waals surface area contributed by atoms with E-state index in [-0.39, 0.29) is 11.9 Å². The van der Waals surface area contributed by atoms with Crippen molar-refractivity contribution in [3.8, 4) is 5.75 Å². The molecule has 0 saturated heterocycles. The summed E-state index contributed by atoms with van der Waals surface area (Å²) < 4.78 is 32.8. The first-order chi connectivity index (χ1) is 14.4. The van der Waals surface area contributed by atoms with Crippen molar-refractivity contribution in [1.29, 1.82) is 0 Å². The number of rotatable bonds is 6. The zero-order valence-corrected chi connectivity index (χ0v) is 19.9. The van der Waals surface area contributed by atoms with Gasteiger partial charge in [0.25, 0.3) is 0 Å². The van der Waals surface area contributed by atoms with Crippen LogP contribution >= 0.6 is 0 Å². The van der Waals surface area contributed by atoms with Gasteiger partial charge < -0.3 is 10.1 Å². The monoisotopic (exact) mass is 444 g/mol. The van der Waals surface area contributed by atoms with Gasteiger partial charge in [-0.25, -0.2) is 8.42 Å². The average Bonchev–Trinajstić information content (AvgIpc) is 2.63. The third-order valence-corrected chi connectivity index (χ3v) is 6.71. The van der Waals surface area contributed by atoms with E-state index in [0.29, 0.717) is 18.5 Å². The number of amides is 1. The van der Waals surface area contributed by atoms with E-state index in [2.05, 4.69) is 5.32 Å². The highest BCUT2D eigenvalue weighted by molar-refractivity contribution is 7.92. The lowest BCUT2D eigenvalue weighted by molar-refractivity contribution is -0.123. The van der Waals surface area contributed by atoms with Gasteiger partial charge in [0.1, 0.15) is 17.4 Å². The second kappa shape index (κ2) is 8.54. The first kappa shape index (κ1) is 23.1. The Bertz CT molecular complexity index is 1080. The van der Waals surface area contributed by atoms with E-state index < -0.39 is 21.7 Å². The highest BCUT2D eigenvalue weighted by Crippen LogP contribution is 2.40. The number of carbonyl (C=O) groups excluding carboxylic acids is 1. The standard InChI is InChI=1S/C24H32N2O4S/c1-7-21(26(31(6,28)29)18-10-8-9-16(2)13-18)23(27)25-20-15-24(4,5)30-22-14-17(3)11-12-19(20)22/h8-14,20-21H,7,15H2,1-6H3,(H,25,27)/t20-,21-/m0/s1. The molecule has 0 radical (unpaired) electrons. The first-order valence-electron chi connectivity index (χ1n) is 10.6. The van der Waals surface area contributed by atoms with Crippen molar-refractivity contribution in [1.82, 2.24) is 5.32 Å². The SMILES string of the molecule is CC[C@@H](C(=O)N[C@H]1CC(C)(C)Oc2cc(C)ccc21)N(c1cccc(C)c1)S(C)(=O)=O. The number of benzene rings is 2. The molecule has 168 valence electrons. The molecule has 7 heteroatoms. The topological polar surface area (TPSA) is 75.7 Å². The van der Waals surface area contributed by atoms with Crippen LogP contribution in [0.15, 0.2) is 42.5 Å². The number of aryl methyl sites for hydroxylation is 2. The molecule has 2 aromatic carbocycles. The zero-order chi connectivity index (χ0) is 23.0. The molecule has 2 atom stereocenters. The quantitative estimate of drug-likeness (QED) is 0.722. The first-order valence-corrected chi connectivity index (χ1v) is 12.4. The summed E-state index contributed by atoms with van der Waals surface area (Å²) in [5.74, 6) is 0.442. The summed E-state index contributed by atoms with van der Waals surface area (Å²) in [6.07, 6.45) is 2.08. The number of sulfonamides is 1. The fourth-order valence-corrected chi connectivity index (χ4v) is 5.38. The number of fused-ring (bicyclic) bond motifs is 1. The molecular formula is C24H32N2O4S. The normalized spacial score (nSPS) is 18.5.